The van der Waals surface area contributed by atoms with Gasteiger partial charge in [-0.3, -0.25) is 14.0 Å². The lowest BCUT2D eigenvalue weighted by atomic mass is 10.0. The van der Waals surface area contributed by atoms with Crippen molar-refractivity contribution in [2.45, 2.75) is 34.2 Å². The van der Waals surface area contributed by atoms with Gasteiger partial charge in [0, 0.05) is 24.1 Å². The fourth-order valence-corrected chi connectivity index (χ4v) is 4.45. The summed E-state index contributed by atoms with van der Waals surface area (Å²) < 4.78 is 9.55. The molecule has 0 aliphatic rings. The molecule has 3 aromatic heterocycles. The molecule has 0 N–H and O–H groups in total. The van der Waals surface area contributed by atoms with Crippen molar-refractivity contribution in [3.05, 3.63) is 93.2 Å². The molecule has 0 atom stereocenters. The van der Waals surface area contributed by atoms with Gasteiger partial charge in [-0.1, -0.05) is 48.0 Å². The van der Waals surface area contributed by atoms with Gasteiger partial charge >= 0.3 is 0 Å². The van der Waals surface area contributed by atoms with Crippen LogP contribution >= 0.6 is 0 Å². The lowest BCUT2D eigenvalue weighted by Gasteiger charge is -2.11. The summed E-state index contributed by atoms with van der Waals surface area (Å²) >= 11 is 0. The molecule has 0 bridgehead atoms. The lowest BCUT2D eigenvalue weighted by molar-refractivity contribution is 0.537. The molecular formula is C27H26N4O2. The molecule has 0 spiro atoms. The van der Waals surface area contributed by atoms with Gasteiger partial charge in [0.1, 0.15) is 17.1 Å². The zero-order valence-corrected chi connectivity index (χ0v) is 19.5. The molecule has 0 amide bonds. The first-order valence-corrected chi connectivity index (χ1v) is 11.0. The zero-order chi connectivity index (χ0) is 23.3. The number of hydrogen-bond acceptors (Lipinski definition) is 4. The molecule has 6 heteroatoms. The van der Waals surface area contributed by atoms with Crippen LogP contribution in [0.2, 0.25) is 0 Å². The van der Waals surface area contributed by atoms with Gasteiger partial charge in [0.25, 0.3) is 5.56 Å². The number of benzene rings is 2. The number of pyridine rings is 1. The number of aromatic nitrogens is 4. The maximum Gasteiger partial charge on any atom is 0.253 e. The number of hydrogen-bond donors (Lipinski definition) is 0. The highest BCUT2D eigenvalue weighted by atomic mass is 16.4. The Labute approximate surface area is 192 Å². The minimum absolute atomic E-state index is 0.0972. The molecular weight excluding hydrogens is 412 g/mol. The fraction of sp³-hybridized carbons (Fsp3) is 0.222. The first kappa shape index (κ1) is 20.9. The second-order valence-corrected chi connectivity index (χ2v) is 8.60. The molecule has 166 valence electrons. The van der Waals surface area contributed by atoms with E-state index < -0.39 is 0 Å². The Kier molecular flexibility index (Phi) is 5.01. The van der Waals surface area contributed by atoms with E-state index in [0.717, 1.165) is 50.2 Å². The Hall–Kier alpha value is -3.93. The van der Waals surface area contributed by atoms with Crippen LogP contribution in [-0.4, -0.2) is 19.3 Å². The number of nitrogens with zero attached hydrogens (tertiary/aromatic N) is 4. The Bertz CT molecular complexity index is 1560. The maximum atomic E-state index is 13.3. The van der Waals surface area contributed by atoms with Crippen molar-refractivity contribution >= 4 is 11.0 Å². The highest BCUT2D eigenvalue weighted by Gasteiger charge is 2.20. The summed E-state index contributed by atoms with van der Waals surface area (Å²) in [5.41, 5.74) is 7.40. The third-order valence-corrected chi connectivity index (χ3v) is 6.16. The molecule has 5 rings (SSSR count). The highest BCUT2D eigenvalue weighted by molar-refractivity contribution is 5.95. The van der Waals surface area contributed by atoms with Crippen molar-refractivity contribution in [1.82, 2.24) is 19.3 Å². The molecule has 33 heavy (non-hydrogen) atoms. The van der Waals surface area contributed by atoms with E-state index in [1.807, 2.05) is 58.2 Å². The minimum atomic E-state index is -0.0972. The van der Waals surface area contributed by atoms with Crippen LogP contribution in [0.1, 0.15) is 28.3 Å². The van der Waals surface area contributed by atoms with Gasteiger partial charge in [-0.15, -0.1) is 0 Å². The predicted molar refractivity (Wildman–Crippen MR) is 130 cm³/mol. The summed E-state index contributed by atoms with van der Waals surface area (Å²) in [5.74, 6) is 1.28. The second kappa shape index (κ2) is 7.89. The molecule has 5 aromatic rings. The van der Waals surface area contributed by atoms with E-state index in [4.69, 9.17) is 9.40 Å². The van der Waals surface area contributed by atoms with Crippen molar-refractivity contribution in [3.8, 4) is 22.6 Å². The Morgan fingerprint density at radius 1 is 0.939 bits per heavy atom. The zero-order valence-electron chi connectivity index (χ0n) is 19.5. The first-order valence-electron chi connectivity index (χ1n) is 11.0. The van der Waals surface area contributed by atoms with Crippen LogP contribution in [0.4, 0.5) is 0 Å². The van der Waals surface area contributed by atoms with Gasteiger partial charge in [-0.05, 0) is 50.5 Å². The van der Waals surface area contributed by atoms with Gasteiger partial charge in [-0.2, -0.15) is 5.10 Å². The normalized spacial score (nSPS) is 11.4. The number of rotatable bonds is 4. The highest BCUT2D eigenvalue weighted by Crippen LogP contribution is 2.31. The topological polar surface area (TPSA) is 65.8 Å². The number of fused-ring (bicyclic) bond motifs is 1. The van der Waals surface area contributed by atoms with Gasteiger partial charge < -0.3 is 4.42 Å². The molecule has 0 fully saturated rings. The maximum absolute atomic E-state index is 13.3. The van der Waals surface area contributed by atoms with E-state index in [1.165, 1.54) is 0 Å². The van der Waals surface area contributed by atoms with Crippen LogP contribution in [0.15, 0.2) is 63.8 Å². The van der Waals surface area contributed by atoms with Crippen LogP contribution in [0.3, 0.4) is 0 Å². The van der Waals surface area contributed by atoms with Gasteiger partial charge in [0.15, 0.2) is 0 Å². The van der Waals surface area contributed by atoms with Gasteiger partial charge in [0.2, 0.25) is 5.89 Å². The quantitative estimate of drug-likeness (QED) is 0.380. The van der Waals surface area contributed by atoms with E-state index in [2.05, 4.69) is 30.2 Å². The molecule has 0 unspecified atom stereocenters. The van der Waals surface area contributed by atoms with Crippen LogP contribution < -0.4 is 5.56 Å². The first-order chi connectivity index (χ1) is 15.8. The van der Waals surface area contributed by atoms with Crippen molar-refractivity contribution in [2.24, 2.45) is 7.05 Å². The molecule has 2 aromatic carbocycles. The van der Waals surface area contributed by atoms with E-state index in [0.29, 0.717) is 18.2 Å². The summed E-state index contributed by atoms with van der Waals surface area (Å²) in [6.07, 6.45) is 0. The monoisotopic (exact) mass is 438 g/mol. The summed E-state index contributed by atoms with van der Waals surface area (Å²) in [4.78, 5) is 18.1. The van der Waals surface area contributed by atoms with Crippen LogP contribution in [-0.2, 0) is 13.6 Å². The largest absolute Gasteiger partial charge is 0.441 e. The fourth-order valence-electron chi connectivity index (χ4n) is 4.45. The molecule has 0 saturated carbocycles. The van der Waals surface area contributed by atoms with Gasteiger partial charge in [-0.25, -0.2) is 4.98 Å². The van der Waals surface area contributed by atoms with Crippen LogP contribution in [0.5, 0.6) is 0 Å². The SMILES string of the molecule is Cc1ccc(C)c(-c2nc(Cn3c(=O)cc(-c4ccccc4)c4c(C)nn(C)c43)c(C)o2)c1. The third-order valence-electron chi connectivity index (χ3n) is 6.16. The summed E-state index contributed by atoms with van der Waals surface area (Å²) in [6.45, 7) is 8.27. The average Bonchev–Trinajstić information content (AvgIpc) is 3.30. The number of oxazole rings is 1. The average molecular weight is 439 g/mol. The smallest absolute Gasteiger partial charge is 0.253 e. The Morgan fingerprint density at radius 2 is 1.70 bits per heavy atom. The van der Waals surface area contributed by atoms with Crippen molar-refractivity contribution < 1.29 is 4.42 Å². The second-order valence-electron chi connectivity index (χ2n) is 8.60. The number of aryl methyl sites for hydroxylation is 5. The van der Waals surface area contributed by atoms with Crippen LogP contribution in [0, 0.1) is 27.7 Å². The molecule has 0 saturated heterocycles. The predicted octanol–water partition coefficient (Wildman–Crippen LogP) is 5.34. The van der Waals surface area contributed by atoms with E-state index >= 15 is 0 Å². The van der Waals surface area contributed by atoms with Gasteiger partial charge in [0.05, 0.1) is 12.2 Å². The molecule has 6 nitrogen and oxygen atoms in total. The Morgan fingerprint density at radius 3 is 2.45 bits per heavy atom. The lowest BCUT2D eigenvalue weighted by Crippen LogP contribution is -2.22. The van der Waals surface area contributed by atoms with Crippen LogP contribution in [0.25, 0.3) is 33.6 Å². The summed E-state index contributed by atoms with van der Waals surface area (Å²) in [6, 6.07) is 17.9. The molecule has 3 heterocycles. The molecule has 0 aliphatic carbocycles. The summed E-state index contributed by atoms with van der Waals surface area (Å²) in [7, 11) is 1.87. The van der Waals surface area contributed by atoms with Crippen molar-refractivity contribution in [3.63, 3.8) is 0 Å². The standard InChI is InChI=1S/C27H26N4O2/c1-16-11-12-17(2)21(13-16)26-28-23(19(4)33-26)15-31-24(32)14-22(20-9-7-6-8-10-20)25-18(3)29-30(5)27(25)31/h6-14H,15H2,1-5H3. The molecule has 0 radical (unpaired) electrons. The Balaban J connectivity index is 1.66. The third kappa shape index (κ3) is 3.57. The van der Waals surface area contributed by atoms with E-state index in [9.17, 15) is 4.79 Å². The van der Waals surface area contributed by atoms with E-state index in [-0.39, 0.29) is 5.56 Å². The van der Waals surface area contributed by atoms with E-state index in [1.54, 1.807) is 15.3 Å². The van der Waals surface area contributed by atoms with Crippen molar-refractivity contribution in [1.29, 1.82) is 0 Å². The molecule has 0 aliphatic heterocycles. The minimum Gasteiger partial charge on any atom is -0.441 e. The summed E-state index contributed by atoms with van der Waals surface area (Å²) in [5, 5.41) is 5.60. The van der Waals surface area contributed by atoms with Crippen molar-refractivity contribution in [2.75, 3.05) is 0 Å².